The van der Waals surface area contributed by atoms with Crippen LogP contribution in [0.3, 0.4) is 0 Å². The van der Waals surface area contributed by atoms with E-state index in [4.69, 9.17) is 28.4 Å². The van der Waals surface area contributed by atoms with E-state index in [0.29, 0.717) is 16.7 Å². The first-order valence-corrected chi connectivity index (χ1v) is 15.2. The molecule has 254 valence electrons. The Morgan fingerprint density at radius 2 is 0.750 bits per heavy atom. The molecule has 0 fully saturated rings. The molecule has 0 saturated carbocycles. The molecule has 0 bridgehead atoms. The summed E-state index contributed by atoms with van der Waals surface area (Å²) in [6.07, 6.45) is -0.396. The van der Waals surface area contributed by atoms with Gasteiger partial charge in [-0.3, -0.25) is 28.8 Å². The summed E-state index contributed by atoms with van der Waals surface area (Å²) < 4.78 is 32.4. The highest BCUT2D eigenvalue weighted by Crippen LogP contribution is 2.27. The van der Waals surface area contributed by atoms with Gasteiger partial charge >= 0.3 is 35.8 Å². The summed E-state index contributed by atoms with van der Waals surface area (Å²) in [5.41, 5.74) is 0.128. The average molecular weight is 663 g/mol. The van der Waals surface area contributed by atoms with Crippen LogP contribution in [0, 0.1) is 5.41 Å². The van der Waals surface area contributed by atoms with Gasteiger partial charge in [-0.1, -0.05) is 61.5 Å². The minimum absolute atomic E-state index is 0.217. The number of benzene rings is 3. The first-order valence-electron chi connectivity index (χ1n) is 15.2. The van der Waals surface area contributed by atoms with E-state index < -0.39 is 41.2 Å². The molecule has 0 aromatic heterocycles. The van der Waals surface area contributed by atoms with Crippen LogP contribution < -0.4 is 14.2 Å². The van der Waals surface area contributed by atoms with Gasteiger partial charge in [-0.15, -0.1) is 0 Å². The number of hydrogen-bond donors (Lipinski definition) is 0. The number of esters is 6. The van der Waals surface area contributed by atoms with Crippen molar-refractivity contribution in [2.75, 3.05) is 19.8 Å². The van der Waals surface area contributed by atoms with Crippen LogP contribution in [0.1, 0.15) is 50.8 Å². The largest absolute Gasteiger partial charge is 0.465 e. The third-order valence-electron chi connectivity index (χ3n) is 7.05. The number of hydrogen-bond acceptors (Lipinski definition) is 12. The highest BCUT2D eigenvalue weighted by molar-refractivity contribution is 5.77. The summed E-state index contributed by atoms with van der Waals surface area (Å²) >= 11 is 0. The Morgan fingerprint density at radius 3 is 1.00 bits per heavy atom. The van der Waals surface area contributed by atoms with E-state index in [0.717, 1.165) is 0 Å². The maximum absolute atomic E-state index is 13.0. The van der Waals surface area contributed by atoms with Crippen LogP contribution in [0.4, 0.5) is 0 Å². The van der Waals surface area contributed by atoms with Crippen LogP contribution in [-0.4, -0.2) is 55.6 Å². The summed E-state index contributed by atoms with van der Waals surface area (Å²) in [7, 11) is 0. The second-order valence-corrected chi connectivity index (χ2v) is 11.0. The molecule has 0 heterocycles. The Bertz CT molecular complexity index is 1440. The second-order valence-electron chi connectivity index (χ2n) is 11.0. The highest BCUT2D eigenvalue weighted by Gasteiger charge is 2.34. The maximum atomic E-state index is 13.0. The van der Waals surface area contributed by atoms with E-state index >= 15 is 0 Å². The van der Waals surface area contributed by atoms with Crippen molar-refractivity contribution in [1.29, 1.82) is 0 Å². The number of para-hydroxylation sites is 3. The van der Waals surface area contributed by atoms with Gasteiger partial charge in [0.15, 0.2) is 0 Å². The SMILES string of the molecule is CCC(COC(=O)Cc1ccccc1OC(C)=O)(COC(=O)Cc1ccccc1OC(C)=O)COC(=O)Cc1ccccc1OC(C)=O. The zero-order valence-corrected chi connectivity index (χ0v) is 27.3. The van der Waals surface area contributed by atoms with Crippen LogP contribution in [0.5, 0.6) is 17.2 Å². The van der Waals surface area contributed by atoms with E-state index in [9.17, 15) is 28.8 Å². The molecule has 0 saturated heterocycles. The van der Waals surface area contributed by atoms with Gasteiger partial charge in [0, 0.05) is 37.5 Å². The Morgan fingerprint density at radius 1 is 0.479 bits per heavy atom. The summed E-state index contributed by atoms with van der Waals surface area (Å²) in [6.45, 7) is 4.65. The zero-order chi connectivity index (χ0) is 35.1. The van der Waals surface area contributed by atoms with Crippen molar-refractivity contribution in [3.05, 3.63) is 89.5 Å². The van der Waals surface area contributed by atoms with Crippen molar-refractivity contribution < 1.29 is 57.2 Å². The normalized spacial score (nSPS) is 10.8. The molecule has 0 aliphatic heterocycles. The van der Waals surface area contributed by atoms with Crippen molar-refractivity contribution in [3.8, 4) is 17.2 Å². The molecular formula is C36H38O12. The van der Waals surface area contributed by atoms with Gasteiger partial charge < -0.3 is 28.4 Å². The van der Waals surface area contributed by atoms with Gasteiger partial charge in [0.05, 0.1) is 24.7 Å². The quantitative estimate of drug-likeness (QED) is 0.120. The Kier molecular flexibility index (Phi) is 13.8. The molecule has 0 N–H and O–H groups in total. The van der Waals surface area contributed by atoms with Crippen molar-refractivity contribution in [2.45, 2.75) is 53.4 Å². The predicted octanol–water partition coefficient (Wildman–Crippen LogP) is 4.52. The van der Waals surface area contributed by atoms with Gasteiger partial charge in [0.2, 0.25) is 0 Å². The van der Waals surface area contributed by atoms with Crippen LogP contribution in [-0.2, 0) is 62.2 Å². The Labute approximate surface area is 278 Å². The molecule has 0 spiro atoms. The lowest BCUT2D eigenvalue weighted by molar-refractivity contribution is -0.161. The lowest BCUT2D eigenvalue weighted by Gasteiger charge is -2.31. The van der Waals surface area contributed by atoms with E-state index in [-0.39, 0.29) is 62.8 Å². The number of carbonyl (C=O) groups is 6. The molecule has 3 rings (SSSR count). The third kappa shape index (κ3) is 12.0. The second kappa shape index (κ2) is 18.0. The molecule has 12 nitrogen and oxygen atoms in total. The van der Waals surface area contributed by atoms with Crippen molar-refractivity contribution in [2.24, 2.45) is 5.41 Å². The molecule has 12 heteroatoms. The maximum Gasteiger partial charge on any atom is 0.310 e. The van der Waals surface area contributed by atoms with E-state index in [1.165, 1.54) is 20.8 Å². The lowest BCUT2D eigenvalue weighted by Crippen LogP contribution is -2.39. The van der Waals surface area contributed by atoms with Gasteiger partial charge in [0.1, 0.15) is 37.1 Å². The highest BCUT2D eigenvalue weighted by atomic mass is 16.6. The molecule has 0 radical (unpaired) electrons. The van der Waals surface area contributed by atoms with Crippen LogP contribution in [0.2, 0.25) is 0 Å². The monoisotopic (exact) mass is 662 g/mol. The van der Waals surface area contributed by atoms with E-state index in [1.807, 2.05) is 0 Å². The van der Waals surface area contributed by atoms with Gasteiger partial charge in [-0.05, 0) is 24.6 Å². The first kappa shape index (κ1) is 36.9. The fraction of sp³-hybridized carbons (Fsp3) is 0.333. The average Bonchev–Trinajstić information content (AvgIpc) is 3.03. The fourth-order valence-corrected chi connectivity index (χ4v) is 4.46. The zero-order valence-electron chi connectivity index (χ0n) is 27.3. The van der Waals surface area contributed by atoms with Gasteiger partial charge in [0.25, 0.3) is 0 Å². The number of ether oxygens (including phenoxy) is 6. The van der Waals surface area contributed by atoms with Crippen molar-refractivity contribution in [3.63, 3.8) is 0 Å². The molecule has 0 unspecified atom stereocenters. The molecular weight excluding hydrogens is 624 g/mol. The first-order chi connectivity index (χ1) is 22.9. The summed E-state index contributed by atoms with van der Waals surface area (Å²) in [5, 5.41) is 0. The fourth-order valence-electron chi connectivity index (χ4n) is 4.46. The van der Waals surface area contributed by atoms with Crippen molar-refractivity contribution in [1.82, 2.24) is 0 Å². The number of carbonyl (C=O) groups excluding carboxylic acids is 6. The molecule has 3 aromatic carbocycles. The molecule has 0 amide bonds. The standard InChI is InChI=1S/C36H38O12/c1-5-36(21-43-33(40)18-27-12-6-9-15-30(27)46-24(2)37,22-44-34(41)19-28-13-7-10-16-31(28)47-25(3)38)23-45-35(42)20-29-14-8-11-17-32(29)48-26(4)39/h6-17H,5,18-23H2,1-4H3. The smallest absolute Gasteiger partial charge is 0.310 e. The molecule has 48 heavy (non-hydrogen) atoms. The third-order valence-corrected chi connectivity index (χ3v) is 7.05. The van der Waals surface area contributed by atoms with Crippen molar-refractivity contribution >= 4 is 35.8 Å². The lowest BCUT2D eigenvalue weighted by atomic mass is 9.88. The summed E-state index contributed by atoms with van der Waals surface area (Å²) in [6, 6.07) is 19.6. The van der Waals surface area contributed by atoms with E-state index in [1.54, 1.807) is 79.7 Å². The summed E-state index contributed by atoms with van der Waals surface area (Å²) in [4.78, 5) is 73.4. The van der Waals surface area contributed by atoms with Gasteiger partial charge in [-0.25, -0.2) is 0 Å². The molecule has 0 atom stereocenters. The Hall–Kier alpha value is -5.52. The van der Waals surface area contributed by atoms with E-state index in [2.05, 4.69) is 0 Å². The minimum atomic E-state index is -1.15. The van der Waals surface area contributed by atoms with Crippen LogP contribution in [0.25, 0.3) is 0 Å². The van der Waals surface area contributed by atoms with Crippen LogP contribution in [0.15, 0.2) is 72.8 Å². The minimum Gasteiger partial charge on any atom is -0.465 e. The molecule has 0 aliphatic carbocycles. The summed E-state index contributed by atoms with van der Waals surface area (Å²) in [5.74, 6) is -2.96. The van der Waals surface area contributed by atoms with Gasteiger partial charge in [-0.2, -0.15) is 0 Å². The topological polar surface area (TPSA) is 158 Å². The predicted molar refractivity (Wildman–Crippen MR) is 170 cm³/mol. The Balaban J connectivity index is 1.75. The molecule has 3 aromatic rings. The number of rotatable bonds is 16. The molecule has 0 aliphatic rings. The van der Waals surface area contributed by atoms with Crippen LogP contribution >= 0.6 is 0 Å².